The van der Waals surface area contributed by atoms with E-state index in [1.165, 1.54) is 0 Å². The van der Waals surface area contributed by atoms with Crippen LogP contribution in [0.15, 0.2) is 64.4 Å². The number of nitrogens with zero attached hydrogens (tertiary/aromatic N) is 3. The molecular weight excluding hydrogens is 390 g/mol. The average Bonchev–Trinajstić information content (AvgIpc) is 3.42. The van der Waals surface area contributed by atoms with Crippen LogP contribution in [0.2, 0.25) is 0 Å². The van der Waals surface area contributed by atoms with Gasteiger partial charge in [-0.05, 0) is 55.3 Å². The first-order valence-electron chi connectivity index (χ1n) is 11.0. The Morgan fingerprint density at radius 2 is 1.84 bits per heavy atom. The predicted octanol–water partition coefficient (Wildman–Crippen LogP) is 4.23. The van der Waals surface area contributed by atoms with Crippen molar-refractivity contribution in [2.24, 2.45) is 5.16 Å². The molecule has 2 aliphatic rings. The smallest absolute Gasteiger partial charge is 0.119 e. The van der Waals surface area contributed by atoms with Crippen LogP contribution in [0.1, 0.15) is 53.7 Å². The van der Waals surface area contributed by atoms with Crippen LogP contribution < -0.4 is 0 Å². The number of benzene rings is 1. The standard InChI is InChI=1S/C25H27N3O3/c29-14-13-28-11-7-18(8-12-28)24-16-21(17-5-9-26-10-6-17)25(31-24)22-15-23(27-30)20-4-2-1-3-19(20)22/h1-6,9-10,16,18,22,29-30H,7-8,11-15H2/b27-23-. The number of hydrogen-bond donors (Lipinski definition) is 2. The molecule has 1 atom stereocenters. The van der Waals surface area contributed by atoms with Gasteiger partial charge in [0.25, 0.3) is 0 Å². The number of β-amino-alcohol motifs (C(OH)–C–C–N with tert-alkyl or cyclic N) is 1. The van der Waals surface area contributed by atoms with Crippen molar-refractivity contribution in [2.45, 2.75) is 31.1 Å². The summed E-state index contributed by atoms with van der Waals surface area (Å²) in [5.74, 6) is 2.35. The van der Waals surface area contributed by atoms with Crippen molar-refractivity contribution in [3.63, 3.8) is 0 Å². The Morgan fingerprint density at radius 1 is 1.06 bits per heavy atom. The summed E-state index contributed by atoms with van der Waals surface area (Å²) < 4.78 is 6.61. The third-order valence-electron chi connectivity index (χ3n) is 6.66. The molecule has 1 fully saturated rings. The molecule has 2 N–H and O–H groups in total. The molecule has 1 aliphatic heterocycles. The minimum atomic E-state index is 0.0218. The topological polar surface area (TPSA) is 82.1 Å². The SMILES string of the molecule is OCCN1CCC(c2cc(-c3ccncc3)c(C3C/C(=N/O)c4ccccc43)o2)CC1. The zero-order chi connectivity index (χ0) is 21.2. The van der Waals surface area contributed by atoms with E-state index in [0.29, 0.717) is 18.1 Å². The highest BCUT2D eigenvalue weighted by Gasteiger charge is 2.35. The van der Waals surface area contributed by atoms with Gasteiger partial charge < -0.3 is 19.6 Å². The van der Waals surface area contributed by atoms with E-state index in [-0.39, 0.29) is 12.5 Å². The van der Waals surface area contributed by atoms with Gasteiger partial charge in [0.05, 0.1) is 12.3 Å². The number of hydrogen-bond acceptors (Lipinski definition) is 6. The van der Waals surface area contributed by atoms with Gasteiger partial charge >= 0.3 is 0 Å². The maximum atomic E-state index is 9.57. The third-order valence-corrected chi connectivity index (χ3v) is 6.66. The minimum Gasteiger partial charge on any atom is -0.464 e. The lowest BCUT2D eigenvalue weighted by Crippen LogP contribution is -2.34. The molecule has 0 saturated carbocycles. The van der Waals surface area contributed by atoms with Gasteiger partial charge in [-0.25, -0.2) is 0 Å². The van der Waals surface area contributed by atoms with Gasteiger partial charge in [0, 0.05) is 48.3 Å². The number of rotatable bonds is 5. The third kappa shape index (κ3) is 3.77. The van der Waals surface area contributed by atoms with Gasteiger partial charge in [-0.1, -0.05) is 29.4 Å². The summed E-state index contributed by atoms with van der Waals surface area (Å²) >= 11 is 0. The molecule has 6 heteroatoms. The molecule has 3 heterocycles. The lowest BCUT2D eigenvalue weighted by atomic mass is 9.92. The first kappa shape index (κ1) is 20.0. The number of piperidine rings is 1. The minimum absolute atomic E-state index is 0.0218. The molecule has 6 nitrogen and oxygen atoms in total. The monoisotopic (exact) mass is 417 g/mol. The second-order valence-electron chi connectivity index (χ2n) is 8.39. The number of fused-ring (bicyclic) bond motifs is 1. The molecule has 0 bridgehead atoms. The highest BCUT2D eigenvalue weighted by molar-refractivity contribution is 6.05. The van der Waals surface area contributed by atoms with E-state index >= 15 is 0 Å². The Labute approximate surface area is 181 Å². The summed E-state index contributed by atoms with van der Waals surface area (Å²) in [6, 6.07) is 14.4. The summed E-state index contributed by atoms with van der Waals surface area (Å²) in [6.07, 6.45) is 6.28. The van der Waals surface area contributed by atoms with Crippen LogP contribution in [0, 0.1) is 0 Å². The summed E-state index contributed by atoms with van der Waals surface area (Å²) in [4.78, 5) is 6.48. The van der Waals surface area contributed by atoms with Crippen molar-refractivity contribution in [1.29, 1.82) is 0 Å². The molecule has 0 amide bonds. The molecule has 5 rings (SSSR count). The quantitative estimate of drug-likeness (QED) is 0.480. The second kappa shape index (κ2) is 8.65. The number of pyridine rings is 1. The Hall–Kier alpha value is -2.96. The maximum Gasteiger partial charge on any atom is 0.119 e. The zero-order valence-electron chi connectivity index (χ0n) is 17.4. The van der Waals surface area contributed by atoms with Gasteiger partial charge in [-0.3, -0.25) is 4.98 Å². The molecule has 1 aromatic carbocycles. The van der Waals surface area contributed by atoms with Gasteiger partial charge in [0.2, 0.25) is 0 Å². The fourth-order valence-corrected chi connectivity index (χ4v) is 5.03. The fourth-order valence-electron chi connectivity index (χ4n) is 5.03. The largest absolute Gasteiger partial charge is 0.464 e. The number of oxime groups is 1. The van der Waals surface area contributed by atoms with E-state index in [4.69, 9.17) is 4.42 Å². The van der Waals surface area contributed by atoms with E-state index in [1.54, 1.807) is 0 Å². The van der Waals surface area contributed by atoms with Gasteiger partial charge in [0.15, 0.2) is 0 Å². The van der Waals surface area contributed by atoms with Crippen LogP contribution in [0.4, 0.5) is 0 Å². The van der Waals surface area contributed by atoms with Crippen molar-refractivity contribution in [1.82, 2.24) is 9.88 Å². The van der Waals surface area contributed by atoms with Crippen molar-refractivity contribution in [3.8, 4) is 11.1 Å². The molecule has 0 spiro atoms. The number of likely N-dealkylation sites (tertiary alicyclic amines) is 1. The molecule has 31 heavy (non-hydrogen) atoms. The summed E-state index contributed by atoms with van der Waals surface area (Å²) in [7, 11) is 0. The van der Waals surface area contributed by atoms with E-state index in [9.17, 15) is 10.3 Å². The molecule has 0 radical (unpaired) electrons. The van der Waals surface area contributed by atoms with E-state index < -0.39 is 0 Å². The molecule has 1 saturated heterocycles. The van der Waals surface area contributed by atoms with Gasteiger partial charge in [0.1, 0.15) is 11.5 Å². The van der Waals surface area contributed by atoms with Crippen molar-refractivity contribution in [3.05, 3.63) is 77.5 Å². The molecule has 3 aromatic rings. The molecule has 160 valence electrons. The number of furan rings is 1. The van der Waals surface area contributed by atoms with Crippen LogP contribution in [-0.4, -0.2) is 52.2 Å². The van der Waals surface area contributed by atoms with Crippen molar-refractivity contribution in [2.75, 3.05) is 26.2 Å². The average molecular weight is 418 g/mol. The van der Waals surface area contributed by atoms with E-state index in [2.05, 4.69) is 27.2 Å². The highest BCUT2D eigenvalue weighted by Crippen LogP contribution is 2.45. The van der Waals surface area contributed by atoms with Crippen LogP contribution >= 0.6 is 0 Å². The van der Waals surface area contributed by atoms with E-state index in [0.717, 1.165) is 66.3 Å². The first-order valence-corrected chi connectivity index (χ1v) is 11.0. The van der Waals surface area contributed by atoms with Crippen molar-refractivity contribution < 1.29 is 14.7 Å². The maximum absolute atomic E-state index is 9.57. The Morgan fingerprint density at radius 3 is 2.58 bits per heavy atom. The normalized spacial score (nSPS) is 20.9. The summed E-state index contributed by atoms with van der Waals surface area (Å²) in [5.41, 5.74) is 5.02. The fraction of sp³-hybridized carbons (Fsp3) is 0.360. The van der Waals surface area contributed by atoms with Gasteiger partial charge in [-0.2, -0.15) is 0 Å². The zero-order valence-corrected chi connectivity index (χ0v) is 17.4. The van der Waals surface area contributed by atoms with Gasteiger partial charge in [-0.15, -0.1) is 0 Å². The molecular formula is C25H27N3O3. The number of aliphatic hydroxyl groups excluding tert-OH is 1. The Balaban J connectivity index is 1.53. The first-order chi connectivity index (χ1) is 15.3. The lowest BCUT2D eigenvalue weighted by molar-refractivity contribution is 0.159. The van der Waals surface area contributed by atoms with Crippen LogP contribution in [0.3, 0.4) is 0 Å². The molecule has 1 unspecified atom stereocenters. The van der Waals surface area contributed by atoms with Crippen LogP contribution in [0.25, 0.3) is 11.1 Å². The number of aromatic nitrogens is 1. The second-order valence-corrected chi connectivity index (χ2v) is 8.39. The molecule has 2 aromatic heterocycles. The summed E-state index contributed by atoms with van der Waals surface area (Å²) in [6.45, 7) is 2.89. The molecule has 1 aliphatic carbocycles. The summed E-state index contributed by atoms with van der Waals surface area (Å²) in [5, 5.41) is 22.4. The Bertz CT molecular complexity index is 1070. The Kier molecular flexibility index (Phi) is 5.57. The van der Waals surface area contributed by atoms with Crippen molar-refractivity contribution >= 4 is 5.71 Å². The predicted molar refractivity (Wildman–Crippen MR) is 119 cm³/mol. The van der Waals surface area contributed by atoms with E-state index in [1.807, 2.05) is 42.7 Å². The lowest BCUT2D eigenvalue weighted by Gasteiger charge is -2.30. The van der Waals surface area contributed by atoms with Crippen LogP contribution in [0.5, 0.6) is 0 Å². The van der Waals surface area contributed by atoms with Crippen LogP contribution in [-0.2, 0) is 0 Å². The number of aliphatic hydroxyl groups is 1. The highest BCUT2D eigenvalue weighted by atomic mass is 16.4.